The number of methoxy groups -OCH3 is 1. The molecule has 8 heteroatoms. The van der Waals surface area contributed by atoms with Gasteiger partial charge in [-0.25, -0.2) is 9.79 Å². The van der Waals surface area contributed by atoms with E-state index < -0.39 is 5.97 Å². The summed E-state index contributed by atoms with van der Waals surface area (Å²) in [5.41, 5.74) is 5.02. The van der Waals surface area contributed by atoms with Gasteiger partial charge in [-0.2, -0.15) is 0 Å². The summed E-state index contributed by atoms with van der Waals surface area (Å²) in [4.78, 5) is 33.0. The summed E-state index contributed by atoms with van der Waals surface area (Å²) < 4.78 is 11.5. The monoisotopic (exact) mass is 566 g/mol. The van der Waals surface area contributed by atoms with Crippen LogP contribution < -0.4 is 9.47 Å². The molecule has 2 heterocycles. The number of carboxylic acid groups (broad SMARTS) is 1. The molecule has 1 aromatic heterocycles. The van der Waals surface area contributed by atoms with Crippen molar-refractivity contribution in [1.29, 1.82) is 0 Å². The van der Waals surface area contributed by atoms with Crippen molar-refractivity contribution in [3.63, 3.8) is 0 Å². The second kappa shape index (κ2) is 15.9. The third kappa shape index (κ3) is 8.74. The van der Waals surface area contributed by atoms with Crippen LogP contribution in [0.1, 0.15) is 85.5 Å². The molecule has 1 aliphatic heterocycles. The number of allylic oxidation sites excluding steroid dienone is 3. The Morgan fingerprint density at radius 3 is 2.52 bits per heavy atom. The van der Waals surface area contributed by atoms with Gasteiger partial charge in [0.05, 0.1) is 19.2 Å². The molecule has 0 saturated heterocycles. The molecule has 216 valence electrons. The quantitative estimate of drug-likeness (QED) is 0.195. The minimum Gasteiger partial charge on any atom is -0.493 e. The number of rotatable bonds is 13. The summed E-state index contributed by atoms with van der Waals surface area (Å²) >= 11 is 1.05. The molecule has 3 rings (SSSR count). The number of Topliss-reactive ketones (excluding diaryl/α,β-unsaturated/α-hetero) is 1. The van der Waals surface area contributed by atoms with Crippen molar-refractivity contribution in [2.24, 2.45) is 15.9 Å². The third-order valence-electron chi connectivity index (χ3n) is 6.32. The fourth-order valence-corrected chi connectivity index (χ4v) is 5.57. The second-order valence-corrected chi connectivity index (χ2v) is 10.5. The number of carbonyl (C=O) groups is 2. The zero-order chi connectivity index (χ0) is 29.8. The predicted octanol–water partition coefficient (Wildman–Crippen LogP) is 8.08. The lowest BCUT2D eigenvalue weighted by atomic mass is 9.95. The van der Waals surface area contributed by atoms with Crippen molar-refractivity contribution in [3.05, 3.63) is 63.1 Å². The Labute approximate surface area is 242 Å². The average molecular weight is 567 g/mol. The van der Waals surface area contributed by atoms with Crippen LogP contribution in [-0.4, -0.2) is 49.0 Å². The molecule has 2 aromatic rings. The van der Waals surface area contributed by atoms with E-state index in [4.69, 9.17) is 14.5 Å². The first kappa shape index (κ1) is 32.7. The van der Waals surface area contributed by atoms with Gasteiger partial charge in [0.1, 0.15) is 16.5 Å². The van der Waals surface area contributed by atoms with Gasteiger partial charge in [-0.3, -0.25) is 9.79 Å². The molecule has 0 bridgehead atoms. The number of carboxylic acids is 1. The number of benzene rings is 1. The molecule has 1 aliphatic rings. The largest absolute Gasteiger partial charge is 0.493 e. The molecule has 0 saturated carbocycles. The number of nitrogens with zero attached hydrogens (tertiary/aromatic N) is 2. The van der Waals surface area contributed by atoms with E-state index in [-0.39, 0.29) is 16.6 Å². The predicted molar refractivity (Wildman–Crippen MR) is 166 cm³/mol. The number of ether oxygens (including phenoxy) is 2. The Balaban J connectivity index is 0.00000274. The van der Waals surface area contributed by atoms with E-state index >= 15 is 0 Å². The molecule has 1 aromatic carbocycles. The molecule has 1 atom stereocenters. The van der Waals surface area contributed by atoms with E-state index in [1.54, 1.807) is 20.2 Å². The fourth-order valence-electron chi connectivity index (χ4n) is 4.45. The smallest absolute Gasteiger partial charge is 0.346 e. The van der Waals surface area contributed by atoms with E-state index in [2.05, 4.69) is 31.0 Å². The SMILES string of the molecule is CC.CCCC(=CC(C)Cc1ccc(OCC2=CC=NC2)c(OC)c1)/C(C)=N/c1sc(C(=O)O)c(C)c1C(C)=O. The topological polar surface area (TPSA) is 97.6 Å². The highest BCUT2D eigenvalue weighted by atomic mass is 32.1. The highest BCUT2D eigenvalue weighted by Gasteiger charge is 2.22. The molecular weight excluding hydrogens is 524 g/mol. The number of aliphatic imine (C=N–C) groups is 2. The minimum atomic E-state index is -1.04. The van der Waals surface area contributed by atoms with Gasteiger partial charge in [0.2, 0.25) is 0 Å². The van der Waals surface area contributed by atoms with Crippen molar-refractivity contribution in [2.75, 3.05) is 20.3 Å². The van der Waals surface area contributed by atoms with Gasteiger partial charge in [-0.15, -0.1) is 11.3 Å². The van der Waals surface area contributed by atoms with Crippen LogP contribution in [0.25, 0.3) is 0 Å². The summed E-state index contributed by atoms with van der Waals surface area (Å²) in [6.07, 6.45) is 8.56. The summed E-state index contributed by atoms with van der Waals surface area (Å²) in [7, 11) is 1.64. The molecule has 1 unspecified atom stereocenters. The first-order chi connectivity index (χ1) is 19.1. The van der Waals surface area contributed by atoms with Gasteiger partial charge >= 0.3 is 5.97 Å². The van der Waals surface area contributed by atoms with Crippen LogP contribution >= 0.6 is 11.3 Å². The Morgan fingerprint density at radius 1 is 1.23 bits per heavy atom. The molecule has 0 amide bonds. The van der Waals surface area contributed by atoms with E-state index in [1.165, 1.54) is 6.92 Å². The lowest BCUT2D eigenvalue weighted by Crippen LogP contribution is -2.05. The van der Waals surface area contributed by atoms with E-state index in [0.717, 1.165) is 53.0 Å². The molecule has 0 spiro atoms. The number of aromatic carboxylic acids is 1. The van der Waals surface area contributed by atoms with Crippen LogP contribution in [0.15, 0.2) is 51.5 Å². The Hall–Kier alpha value is -3.52. The fraction of sp³-hybridized carbons (Fsp3) is 0.438. The van der Waals surface area contributed by atoms with Crippen molar-refractivity contribution >= 4 is 40.0 Å². The Morgan fingerprint density at radius 2 is 1.95 bits per heavy atom. The van der Waals surface area contributed by atoms with E-state index in [1.807, 2.05) is 39.0 Å². The van der Waals surface area contributed by atoms with Crippen LogP contribution in [0, 0.1) is 12.8 Å². The zero-order valence-corrected chi connectivity index (χ0v) is 25.8. The highest BCUT2D eigenvalue weighted by molar-refractivity contribution is 7.18. The summed E-state index contributed by atoms with van der Waals surface area (Å²) in [6, 6.07) is 6.02. The van der Waals surface area contributed by atoms with Gasteiger partial charge in [0, 0.05) is 11.9 Å². The van der Waals surface area contributed by atoms with E-state index in [0.29, 0.717) is 40.8 Å². The zero-order valence-electron chi connectivity index (χ0n) is 25.0. The number of hydrogen-bond acceptors (Lipinski definition) is 7. The van der Waals surface area contributed by atoms with Crippen molar-refractivity contribution in [1.82, 2.24) is 0 Å². The first-order valence-corrected chi connectivity index (χ1v) is 14.6. The van der Waals surface area contributed by atoms with Gasteiger partial charge in [-0.1, -0.05) is 46.3 Å². The van der Waals surface area contributed by atoms with Crippen LogP contribution in [-0.2, 0) is 6.42 Å². The Bertz CT molecular complexity index is 1320. The van der Waals surface area contributed by atoms with Crippen molar-refractivity contribution in [3.8, 4) is 11.5 Å². The van der Waals surface area contributed by atoms with Gasteiger partial charge in [-0.05, 0) is 80.0 Å². The van der Waals surface area contributed by atoms with Gasteiger partial charge in [0.15, 0.2) is 17.3 Å². The molecule has 1 N–H and O–H groups in total. The van der Waals surface area contributed by atoms with Crippen molar-refractivity contribution < 1.29 is 24.2 Å². The standard InChI is InChI=1S/C30H36N2O5S.C2H6/c1-7-8-24(20(4)32-29-27(21(5)33)19(3)28(38-29)30(34)35)14-18(2)13-22-9-10-25(26(15-22)36-6)37-17-23-11-12-31-16-23;1-2/h9-12,14-15,18H,7-8,13,16-17H2,1-6H3,(H,34,35);1-2H3/b24-14?,32-20+;. The molecule has 0 aliphatic carbocycles. The number of hydrogen-bond donors (Lipinski definition) is 1. The summed E-state index contributed by atoms with van der Waals surface area (Å²) in [5, 5.41) is 9.98. The molecule has 7 nitrogen and oxygen atoms in total. The number of thiophene rings is 1. The maximum Gasteiger partial charge on any atom is 0.346 e. The van der Waals surface area contributed by atoms with Gasteiger partial charge < -0.3 is 14.6 Å². The van der Waals surface area contributed by atoms with Crippen LogP contribution in [0.3, 0.4) is 0 Å². The molecular formula is C32H42N2O5S. The summed E-state index contributed by atoms with van der Waals surface area (Å²) in [5.74, 6) is 0.398. The molecule has 0 radical (unpaired) electrons. The van der Waals surface area contributed by atoms with Gasteiger partial charge in [0.25, 0.3) is 0 Å². The number of ketones is 1. The minimum absolute atomic E-state index is 0.158. The second-order valence-electron chi connectivity index (χ2n) is 9.51. The lowest BCUT2D eigenvalue weighted by Gasteiger charge is -2.15. The summed E-state index contributed by atoms with van der Waals surface area (Å²) in [6.45, 7) is 14.5. The van der Waals surface area contributed by atoms with Crippen molar-refractivity contribution in [2.45, 2.75) is 67.7 Å². The normalized spacial score (nSPS) is 13.8. The van der Waals surface area contributed by atoms with Crippen LogP contribution in [0.5, 0.6) is 11.5 Å². The van der Waals surface area contributed by atoms with E-state index in [9.17, 15) is 14.7 Å². The third-order valence-corrected chi connectivity index (χ3v) is 7.50. The first-order valence-electron chi connectivity index (χ1n) is 13.8. The maximum absolute atomic E-state index is 12.3. The molecule has 40 heavy (non-hydrogen) atoms. The van der Waals surface area contributed by atoms with Crippen LogP contribution in [0.4, 0.5) is 5.00 Å². The van der Waals surface area contributed by atoms with Crippen LogP contribution in [0.2, 0.25) is 0 Å². The molecule has 0 fully saturated rings. The Kier molecular flexibility index (Phi) is 13.0. The average Bonchev–Trinajstić information content (AvgIpc) is 3.56. The highest BCUT2D eigenvalue weighted by Crippen LogP contribution is 2.36. The lowest BCUT2D eigenvalue weighted by molar-refractivity contribution is 0.0701. The maximum atomic E-state index is 12.3. The number of carbonyl (C=O) groups excluding carboxylic acids is 1.